The van der Waals surface area contributed by atoms with Gasteiger partial charge in [-0.2, -0.15) is 0 Å². The summed E-state index contributed by atoms with van der Waals surface area (Å²) in [5, 5.41) is 0. The van der Waals surface area contributed by atoms with Gasteiger partial charge in [0, 0.05) is 55.4 Å². The monoisotopic (exact) mass is 468 g/mol. The van der Waals surface area contributed by atoms with Crippen molar-refractivity contribution in [3.63, 3.8) is 0 Å². The maximum absolute atomic E-state index is 13.1. The summed E-state index contributed by atoms with van der Waals surface area (Å²) in [7, 11) is 0. The van der Waals surface area contributed by atoms with Crippen LogP contribution in [0.4, 0.5) is 5.69 Å². The second-order valence-electron chi connectivity index (χ2n) is 8.85. The minimum absolute atomic E-state index is 0.00498. The van der Waals surface area contributed by atoms with Crippen LogP contribution in [0.25, 0.3) is 5.65 Å². The standard InChI is InChI=1S/C28H28N4O3/c1-20-5-4-12-32-18-24(29-27(20)32)19-35-26-7-3-6-23(17-26)28(34)31-15-13-30(14-16-31)25-10-8-22(9-11-25)21(2)33/h3-12,17-18H,13-16,19H2,1-2H3. The fraction of sp³-hybridized carbons (Fsp3) is 0.250. The van der Waals surface area contributed by atoms with Crippen molar-refractivity contribution < 1.29 is 14.3 Å². The lowest BCUT2D eigenvalue weighted by Crippen LogP contribution is -2.48. The summed E-state index contributed by atoms with van der Waals surface area (Å²) in [5.41, 5.74) is 5.26. The number of aromatic nitrogens is 2. The fourth-order valence-electron chi connectivity index (χ4n) is 4.41. The zero-order valence-electron chi connectivity index (χ0n) is 20.0. The number of rotatable bonds is 6. The van der Waals surface area contributed by atoms with Crippen molar-refractivity contribution in [2.75, 3.05) is 31.1 Å². The minimum Gasteiger partial charge on any atom is -0.487 e. The smallest absolute Gasteiger partial charge is 0.254 e. The van der Waals surface area contributed by atoms with Crippen LogP contribution in [0.15, 0.2) is 73.1 Å². The maximum Gasteiger partial charge on any atom is 0.254 e. The van der Waals surface area contributed by atoms with Crippen LogP contribution >= 0.6 is 0 Å². The number of aryl methyl sites for hydroxylation is 1. The van der Waals surface area contributed by atoms with Gasteiger partial charge in [-0.05, 0) is 67.9 Å². The van der Waals surface area contributed by atoms with E-state index in [0.29, 0.717) is 36.6 Å². The van der Waals surface area contributed by atoms with Gasteiger partial charge in [0.1, 0.15) is 18.0 Å². The third-order valence-corrected chi connectivity index (χ3v) is 6.40. The van der Waals surface area contributed by atoms with Crippen LogP contribution in [0.5, 0.6) is 5.75 Å². The number of imidazole rings is 1. The second-order valence-corrected chi connectivity index (χ2v) is 8.85. The number of pyridine rings is 1. The van der Waals surface area contributed by atoms with Gasteiger partial charge in [0.2, 0.25) is 0 Å². The molecule has 2 aromatic carbocycles. The molecule has 1 aliphatic rings. The number of carbonyl (C=O) groups is 2. The topological polar surface area (TPSA) is 67.2 Å². The van der Waals surface area contributed by atoms with Crippen molar-refractivity contribution in [2.45, 2.75) is 20.5 Å². The van der Waals surface area contributed by atoms with Crippen molar-refractivity contribution in [3.8, 4) is 5.75 Å². The van der Waals surface area contributed by atoms with Crippen LogP contribution in [0, 0.1) is 6.92 Å². The Hall–Kier alpha value is -4.13. The van der Waals surface area contributed by atoms with Gasteiger partial charge in [0.25, 0.3) is 5.91 Å². The number of amides is 1. The Morgan fingerprint density at radius 3 is 2.43 bits per heavy atom. The number of piperazine rings is 1. The predicted molar refractivity (Wildman–Crippen MR) is 135 cm³/mol. The number of hydrogen-bond donors (Lipinski definition) is 0. The zero-order chi connectivity index (χ0) is 24.4. The van der Waals surface area contributed by atoms with E-state index < -0.39 is 0 Å². The second kappa shape index (κ2) is 9.62. The first-order chi connectivity index (χ1) is 17.0. The van der Waals surface area contributed by atoms with E-state index in [2.05, 4.69) is 9.88 Å². The van der Waals surface area contributed by atoms with E-state index in [-0.39, 0.29) is 11.7 Å². The summed E-state index contributed by atoms with van der Waals surface area (Å²) in [6.07, 6.45) is 3.93. The summed E-state index contributed by atoms with van der Waals surface area (Å²) in [6.45, 7) is 6.70. The maximum atomic E-state index is 13.1. The molecule has 0 saturated carbocycles. The van der Waals surface area contributed by atoms with E-state index in [1.54, 1.807) is 13.0 Å². The van der Waals surface area contributed by atoms with E-state index >= 15 is 0 Å². The number of anilines is 1. The molecule has 2 aromatic heterocycles. The molecule has 0 N–H and O–H groups in total. The van der Waals surface area contributed by atoms with Gasteiger partial charge in [-0.1, -0.05) is 12.1 Å². The van der Waals surface area contributed by atoms with E-state index in [1.807, 2.05) is 83.2 Å². The van der Waals surface area contributed by atoms with Gasteiger partial charge in [-0.15, -0.1) is 0 Å². The number of fused-ring (bicyclic) bond motifs is 1. The van der Waals surface area contributed by atoms with E-state index in [0.717, 1.165) is 35.7 Å². The molecule has 4 aromatic rings. The highest BCUT2D eigenvalue weighted by atomic mass is 16.5. The van der Waals surface area contributed by atoms with Crippen LogP contribution in [0.3, 0.4) is 0 Å². The Morgan fingerprint density at radius 1 is 0.943 bits per heavy atom. The van der Waals surface area contributed by atoms with Gasteiger partial charge < -0.3 is 18.9 Å². The van der Waals surface area contributed by atoms with Gasteiger partial charge >= 0.3 is 0 Å². The fourth-order valence-corrected chi connectivity index (χ4v) is 4.41. The summed E-state index contributed by atoms with van der Waals surface area (Å²) < 4.78 is 7.95. The quantitative estimate of drug-likeness (QED) is 0.393. The molecule has 7 heteroatoms. The molecule has 0 radical (unpaired) electrons. The molecule has 1 saturated heterocycles. The number of hydrogen-bond acceptors (Lipinski definition) is 5. The number of Topliss-reactive ketones (excluding diaryl/α,β-unsaturated/α-hetero) is 1. The molecule has 0 unspecified atom stereocenters. The van der Waals surface area contributed by atoms with Crippen LogP contribution in [-0.4, -0.2) is 52.2 Å². The summed E-state index contributed by atoms with van der Waals surface area (Å²) in [5.74, 6) is 0.714. The van der Waals surface area contributed by atoms with Crippen LogP contribution in [0.2, 0.25) is 0 Å². The molecule has 1 amide bonds. The molecule has 0 bridgehead atoms. The molecule has 35 heavy (non-hydrogen) atoms. The van der Waals surface area contributed by atoms with Gasteiger partial charge in [-0.25, -0.2) is 4.98 Å². The van der Waals surface area contributed by atoms with Gasteiger partial charge in [0.05, 0.1) is 5.69 Å². The largest absolute Gasteiger partial charge is 0.487 e. The van der Waals surface area contributed by atoms with E-state index in [4.69, 9.17) is 4.74 Å². The molecule has 1 aliphatic heterocycles. The van der Waals surface area contributed by atoms with Crippen molar-refractivity contribution in [1.29, 1.82) is 0 Å². The van der Waals surface area contributed by atoms with Gasteiger partial charge in [-0.3, -0.25) is 9.59 Å². The van der Waals surface area contributed by atoms with Crippen LogP contribution in [-0.2, 0) is 6.61 Å². The first kappa shape index (κ1) is 22.7. The first-order valence-corrected chi connectivity index (χ1v) is 11.8. The molecule has 5 rings (SSSR count). The highest BCUT2D eigenvalue weighted by Crippen LogP contribution is 2.21. The average Bonchev–Trinajstić information content (AvgIpc) is 3.32. The molecular formula is C28H28N4O3. The minimum atomic E-state index is 0.00498. The summed E-state index contributed by atoms with van der Waals surface area (Å²) >= 11 is 0. The van der Waals surface area contributed by atoms with Crippen molar-refractivity contribution >= 4 is 23.0 Å². The molecule has 1 fully saturated rings. The Kier molecular flexibility index (Phi) is 6.23. The van der Waals surface area contributed by atoms with Gasteiger partial charge in [0.15, 0.2) is 5.78 Å². The Labute approximate surface area is 204 Å². The molecule has 178 valence electrons. The number of ether oxygens (including phenoxy) is 1. The third-order valence-electron chi connectivity index (χ3n) is 6.40. The van der Waals surface area contributed by atoms with Crippen LogP contribution in [0.1, 0.15) is 38.9 Å². The molecule has 0 spiro atoms. The number of benzene rings is 2. The van der Waals surface area contributed by atoms with Crippen molar-refractivity contribution in [2.24, 2.45) is 0 Å². The Bertz CT molecular complexity index is 1370. The molecule has 0 atom stereocenters. The summed E-state index contributed by atoms with van der Waals surface area (Å²) in [6, 6.07) is 19.0. The normalized spacial score (nSPS) is 13.8. The van der Waals surface area contributed by atoms with E-state index in [1.165, 1.54) is 0 Å². The SMILES string of the molecule is CC(=O)c1ccc(N2CCN(C(=O)c3cccc(OCc4cn5cccc(C)c5n4)c3)CC2)cc1. The molecular weight excluding hydrogens is 440 g/mol. The highest BCUT2D eigenvalue weighted by molar-refractivity contribution is 5.95. The zero-order valence-corrected chi connectivity index (χ0v) is 20.0. The van der Waals surface area contributed by atoms with Crippen molar-refractivity contribution in [3.05, 3.63) is 95.4 Å². The number of carbonyl (C=O) groups excluding carboxylic acids is 2. The lowest BCUT2D eigenvalue weighted by Gasteiger charge is -2.36. The predicted octanol–water partition coefficient (Wildman–Crippen LogP) is 4.39. The third kappa shape index (κ3) is 4.89. The van der Waals surface area contributed by atoms with Crippen LogP contribution < -0.4 is 9.64 Å². The number of ketones is 1. The highest BCUT2D eigenvalue weighted by Gasteiger charge is 2.23. The molecule has 0 aliphatic carbocycles. The average molecular weight is 469 g/mol. The van der Waals surface area contributed by atoms with Crippen molar-refractivity contribution in [1.82, 2.24) is 14.3 Å². The molecule has 7 nitrogen and oxygen atoms in total. The first-order valence-electron chi connectivity index (χ1n) is 11.8. The lowest BCUT2D eigenvalue weighted by molar-refractivity contribution is 0.0746. The lowest BCUT2D eigenvalue weighted by atomic mass is 10.1. The van der Waals surface area contributed by atoms with E-state index in [9.17, 15) is 9.59 Å². The number of nitrogens with zero attached hydrogens (tertiary/aromatic N) is 4. The summed E-state index contributed by atoms with van der Waals surface area (Å²) in [4.78, 5) is 33.4. The molecule has 3 heterocycles. The Balaban J connectivity index is 1.19. The Morgan fingerprint density at radius 2 is 1.71 bits per heavy atom.